The molecule has 2 aromatic carbocycles. The van der Waals surface area contributed by atoms with Gasteiger partial charge in [-0.25, -0.2) is 13.1 Å². The van der Waals surface area contributed by atoms with Crippen LogP contribution in [-0.2, 0) is 27.7 Å². The Hall–Kier alpha value is -2.38. The van der Waals surface area contributed by atoms with Crippen molar-refractivity contribution in [3.63, 3.8) is 0 Å². The lowest BCUT2D eigenvalue weighted by Crippen LogP contribution is -2.27. The zero-order chi connectivity index (χ0) is 21.0. The lowest BCUT2D eigenvalue weighted by atomic mass is 9.98. The number of sulfonamides is 1. The molecule has 7 heteroatoms. The van der Waals surface area contributed by atoms with E-state index in [-0.39, 0.29) is 10.8 Å². The van der Waals surface area contributed by atoms with E-state index in [4.69, 9.17) is 0 Å². The van der Waals surface area contributed by atoms with Crippen LogP contribution in [0.1, 0.15) is 36.5 Å². The van der Waals surface area contributed by atoms with Crippen LogP contribution in [0.15, 0.2) is 41.3 Å². The molecular weight excluding hydrogens is 386 g/mol. The number of aryl methyl sites for hydroxylation is 2. The Morgan fingerprint density at radius 2 is 1.97 bits per heavy atom. The summed E-state index contributed by atoms with van der Waals surface area (Å²) in [6, 6.07) is 11.2. The summed E-state index contributed by atoms with van der Waals surface area (Å²) in [7, 11) is -1.50. The number of fused-ring (bicyclic) bond motifs is 1. The van der Waals surface area contributed by atoms with Crippen molar-refractivity contribution in [2.75, 3.05) is 30.4 Å². The molecule has 29 heavy (non-hydrogen) atoms. The molecule has 6 nitrogen and oxygen atoms in total. The molecule has 156 valence electrons. The Morgan fingerprint density at radius 1 is 1.17 bits per heavy atom. The standard InChI is InChI=1S/C22H29N3O3S/c1-4-22(26)24-19-8-10-21(16(2)14-19)29(27,28)23-12-11-17-7-9-20-18(15-17)6-5-13-25(20)3/h7-10,14-15,23H,4-6,11-13H2,1-3H3,(H,24,26). The van der Waals surface area contributed by atoms with E-state index in [1.807, 2.05) is 0 Å². The highest BCUT2D eigenvalue weighted by atomic mass is 32.2. The van der Waals surface area contributed by atoms with E-state index in [2.05, 4.69) is 40.2 Å². The SMILES string of the molecule is CCC(=O)Nc1ccc(S(=O)(=O)NCCc2ccc3c(c2)CCCN3C)c(C)c1. The van der Waals surface area contributed by atoms with Gasteiger partial charge in [-0.1, -0.05) is 19.1 Å². The number of amides is 1. The van der Waals surface area contributed by atoms with Gasteiger partial charge in [0, 0.05) is 37.9 Å². The Kier molecular flexibility index (Phi) is 6.59. The number of hydrogen-bond acceptors (Lipinski definition) is 4. The highest BCUT2D eigenvalue weighted by Gasteiger charge is 2.18. The average molecular weight is 416 g/mol. The Balaban J connectivity index is 1.64. The van der Waals surface area contributed by atoms with Gasteiger partial charge in [-0.05, 0) is 67.1 Å². The van der Waals surface area contributed by atoms with Crippen molar-refractivity contribution < 1.29 is 13.2 Å². The molecule has 0 radical (unpaired) electrons. The molecule has 1 aliphatic heterocycles. The molecule has 1 heterocycles. The summed E-state index contributed by atoms with van der Waals surface area (Å²) < 4.78 is 28.1. The van der Waals surface area contributed by atoms with Crippen LogP contribution in [0.3, 0.4) is 0 Å². The topological polar surface area (TPSA) is 78.5 Å². The summed E-state index contributed by atoms with van der Waals surface area (Å²) in [5.41, 5.74) is 4.94. The fraction of sp³-hybridized carbons (Fsp3) is 0.409. The molecule has 0 aromatic heterocycles. The van der Waals surface area contributed by atoms with Crippen LogP contribution in [0.5, 0.6) is 0 Å². The third kappa shape index (κ3) is 5.16. The third-order valence-electron chi connectivity index (χ3n) is 5.27. The van der Waals surface area contributed by atoms with E-state index < -0.39 is 10.0 Å². The summed E-state index contributed by atoms with van der Waals surface area (Å²) >= 11 is 0. The van der Waals surface area contributed by atoms with Gasteiger partial charge in [0.15, 0.2) is 0 Å². The van der Waals surface area contributed by atoms with E-state index in [9.17, 15) is 13.2 Å². The first kappa shape index (κ1) is 21.3. The first-order valence-electron chi connectivity index (χ1n) is 10.0. The highest BCUT2D eigenvalue weighted by Crippen LogP contribution is 2.27. The molecule has 0 atom stereocenters. The van der Waals surface area contributed by atoms with E-state index in [0.717, 1.165) is 24.9 Å². The van der Waals surface area contributed by atoms with Crippen molar-refractivity contribution >= 4 is 27.3 Å². The van der Waals surface area contributed by atoms with Crippen molar-refractivity contribution in [3.05, 3.63) is 53.1 Å². The van der Waals surface area contributed by atoms with Crippen LogP contribution in [0.4, 0.5) is 11.4 Å². The molecule has 0 unspecified atom stereocenters. The number of nitrogens with zero attached hydrogens (tertiary/aromatic N) is 1. The van der Waals surface area contributed by atoms with Crippen LogP contribution >= 0.6 is 0 Å². The summed E-state index contributed by atoms with van der Waals surface area (Å²) in [6.45, 7) is 4.92. The van der Waals surface area contributed by atoms with Crippen LogP contribution in [0.2, 0.25) is 0 Å². The van der Waals surface area contributed by atoms with Crippen LogP contribution in [0, 0.1) is 6.92 Å². The first-order chi connectivity index (χ1) is 13.8. The highest BCUT2D eigenvalue weighted by molar-refractivity contribution is 7.89. The number of carbonyl (C=O) groups excluding carboxylic acids is 1. The maximum absolute atomic E-state index is 12.7. The van der Waals surface area contributed by atoms with Gasteiger partial charge >= 0.3 is 0 Å². The summed E-state index contributed by atoms with van der Waals surface area (Å²) in [4.78, 5) is 14.0. The predicted octanol–water partition coefficient (Wildman–Crippen LogP) is 3.25. The first-order valence-corrected chi connectivity index (χ1v) is 11.5. The van der Waals surface area contributed by atoms with E-state index in [1.165, 1.54) is 17.3 Å². The van der Waals surface area contributed by atoms with Gasteiger partial charge in [-0.2, -0.15) is 0 Å². The average Bonchev–Trinajstić information content (AvgIpc) is 2.67. The maximum Gasteiger partial charge on any atom is 0.240 e. The monoisotopic (exact) mass is 415 g/mol. The second-order valence-electron chi connectivity index (χ2n) is 7.52. The smallest absolute Gasteiger partial charge is 0.240 e. The molecule has 1 aliphatic rings. The molecule has 0 spiro atoms. The number of benzene rings is 2. The number of hydrogen-bond donors (Lipinski definition) is 2. The molecule has 1 amide bonds. The van der Waals surface area contributed by atoms with Gasteiger partial charge in [0.05, 0.1) is 4.90 Å². The molecule has 2 N–H and O–H groups in total. The van der Waals surface area contributed by atoms with E-state index in [1.54, 1.807) is 26.0 Å². The molecule has 0 saturated heterocycles. The van der Waals surface area contributed by atoms with E-state index >= 15 is 0 Å². The second-order valence-corrected chi connectivity index (χ2v) is 9.25. The fourth-order valence-corrected chi connectivity index (χ4v) is 4.94. The lowest BCUT2D eigenvalue weighted by molar-refractivity contribution is -0.115. The zero-order valence-corrected chi connectivity index (χ0v) is 18.1. The quantitative estimate of drug-likeness (QED) is 0.728. The van der Waals surface area contributed by atoms with Gasteiger partial charge < -0.3 is 10.2 Å². The predicted molar refractivity (Wildman–Crippen MR) is 117 cm³/mol. The van der Waals surface area contributed by atoms with Crippen LogP contribution < -0.4 is 14.9 Å². The minimum Gasteiger partial charge on any atom is -0.374 e. The number of anilines is 2. The third-order valence-corrected chi connectivity index (χ3v) is 6.89. The Labute approximate surface area is 173 Å². The fourth-order valence-electron chi connectivity index (χ4n) is 3.68. The van der Waals surface area contributed by atoms with Gasteiger partial charge in [-0.15, -0.1) is 0 Å². The molecule has 0 fully saturated rings. The Bertz CT molecular complexity index is 1000. The van der Waals surface area contributed by atoms with Crippen molar-refractivity contribution in [2.24, 2.45) is 0 Å². The molecule has 0 saturated carbocycles. The molecule has 3 rings (SSSR count). The summed E-state index contributed by atoms with van der Waals surface area (Å²) in [5.74, 6) is -0.102. The van der Waals surface area contributed by atoms with Crippen LogP contribution in [0.25, 0.3) is 0 Å². The number of rotatable bonds is 7. The maximum atomic E-state index is 12.7. The summed E-state index contributed by atoms with van der Waals surface area (Å²) in [5, 5.41) is 2.75. The van der Waals surface area contributed by atoms with Crippen molar-refractivity contribution in [1.29, 1.82) is 0 Å². The number of carbonyl (C=O) groups is 1. The molecule has 2 aromatic rings. The van der Waals surface area contributed by atoms with Crippen molar-refractivity contribution in [1.82, 2.24) is 4.72 Å². The lowest BCUT2D eigenvalue weighted by Gasteiger charge is -2.27. The molecule has 0 bridgehead atoms. The van der Waals surface area contributed by atoms with Crippen molar-refractivity contribution in [2.45, 2.75) is 44.4 Å². The van der Waals surface area contributed by atoms with Gasteiger partial charge in [0.2, 0.25) is 15.9 Å². The normalized spacial score (nSPS) is 13.8. The largest absolute Gasteiger partial charge is 0.374 e. The minimum absolute atomic E-state index is 0.102. The zero-order valence-electron chi connectivity index (χ0n) is 17.3. The number of nitrogens with one attached hydrogen (secondary N) is 2. The molecule has 0 aliphatic carbocycles. The Morgan fingerprint density at radius 3 is 2.69 bits per heavy atom. The van der Waals surface area contributed by atoms with E-state index in [0.29, 0.717) is 30.6 Å². The molecular formula is C22H29N3O3S. The minimum atomic E-state index is -3.61. The van der Waals surface area contributed by atoms with Gasteiger partial charge in [0.1, 0.15) is 0 Å². The van der Waals surface area contributed by atoms with Gasteiger partial charge in [0.25, 0.3) is 0 Å². The summed E-state index contributed by atoms with van der Waals surface area (Å²) in [6.07, 6.45) is 3.23. The van der Waals surface area contributed by atoms with Crippen molar-refractivity contribution in [3.8, 4) is 0 Å². The van der Waals surface area contributed by atoms with Crippen LogP contribution in [-0.4, -0.2) is 34.5 Å². The van der Waals surface area contributed by atoms with Gasteiger partial charge in [-0.3, -0.25) is 4.79 Å². The second kappa shape index (κ2) is 8.97.